The molecule has 2 aromatic rings. The molecule has 0 fully saturated rings. The highest BCUT2D eigenvalue weighted by atomic mass is 35.5. The lowest BCUT2D eigenvalue weighted by Gasteiger charge is -2.21. The number of aliphatic imine (C=N–C) groups is 1. The van der Waals surface area contributed by atoms with Crippen molar-refractivity contribution in [2.45, 2.75) is 25.8 Å². The largest absolute Gasteiger partial charge is 0.337 e. The van der Waals surface area contributed by atoms with Crippen LogP contribution < -0.4 is 0 Å². The lowest BCUT2D eigenvalue weighted by atomic mass is 9.93. The lowest BCUT2D eigenvalue weighted by Crippen LogP contribution is -2.22. The molecule has 0 bridgehead atoms. The van der Waals surface area contributed by atoms with Gasteiger partial charge in [0.15, 0.2) is 0 Å². The normalized spacial score (nSPS) is 17.1. The molecule has 0 N–H and O–H groups in total. The number of hydrogen-bond donors (Lipinski definition) is 0. The summed E-state index contributed by atoms with van der Waals surface area (Å²) in [5, 5.41) is 2.17. The molecule has 1 aromatic carbocycles. The molecule has 18 heavy (non-hydrogen) atoms. The number of hydrogen-bond acceptors (Lipinski definition) is 1. The third-order valence-electron chi connectivity index (χ3n) is 3.87. The molecule has 0 saturated carbocycles. The summed E-state index contributed by atoms with van der Waals surface area (Å²) < 4.78 is 2.43. The first-order valence-corrected chi connectivity index (χ1v) is 6.57. The monoisotopic (exact) mass is 280 g/mol. The Balaban J connectivity index is 0.000001000. The second-order valence-electron chi connectivity index (χ2n) is 4.82. The van der Waals surface area contributed by atoms with Gasteiger partial charge in [-0.05, 0) is 43.0 Å². The molecule has 0 saturated heterocycles. The fraction of sp³-hybridized carbons (Fsp3) is 0.357. The van der Waals surface area contributed by atoms with Crippen LogP contribution in [0.15, 0.2) is 23.2 Å². The SMILES string of the molecule is Cl.Clc1ccc2c(c1)c1c3n2CCN=C3CCC1. The Kier molecular flexibility index (Phi) is 2.87. The molecule has 1 aliphatic carbocycles. The Hall–Kier alpha value is -0.990. The molecule has 2 aliphatic rings. The van der Waals surface area contributed by atoms with Crippen LogP contribution in [0.25, 0.3) is 10.9 Å². The van der Waals surface area contributed by atoms with Crippen molar-refractivity contribution in [2.24, 2.45) is 4.99 Å². The third kappa shape index (κ3) is 1.52. The number of nitrogens with zero attached hydrogens (tertiary/aromatic N) is 2. The Morgan fingerprint density at radius 2 is 2.11 bits per heavy atom. The zero-order valence-electron chi connectivity index (χ0n) is 9.95. The van der Waals surface area contributed by atoms with Gasteiger partial charge in [-0.2, -0.15) is 0 Å². The fourth-order valence-corrected chi connectivity index (χ4v) is 3.37. The van der Waals surface area contributed by atoms with Gasteiger partial charge < -0.3 is 4.57 Å². The van der Waals surface area contributed by atoms with Crippen LogP contribution in [0.3, 0.4) is 0 Å². The van der Waals surface area contributed by atoms with E-state index in [0.29, 0.717) is 0 Å². The van der Waals surface area contributed by atoms with Gasteiger partial charge >= 0.3 is 0 Å². The first-order chi connectivity index (χ1) is 8.34. The van der Waals surface area contributed by atoms with Crippen LogP contribution in [0, 0.1) is 0 Å². The van der Waals surface area contributed by atoms with E-state index in [2.05, 4.69) is 21.7 Å². The van der Waals surface area contributed by atoms with E-state index in [9.17, 15) is 0 Å². The number of aryl methyl sites for hydroxylation is 1. The van der Waals surface area contributed by atoms with Crippen molar-refractivity contribution in [1.82, 2.24) is 4.57 Å². The molecule has 94 valence electrons. The van der Waals surface area contributed by atoms with Crippen molar-refractivity contribution in [3.05, 3.63) is 34.5 Å². The molecule has 4 heteroatoms. The smallest absolute Gasteiger partial charge is 0.0665 e. The molecule has 2 heterocycles. The first kappa shape index (κ1) is 12.1. The molecule has 1 aliphatic heterocycles. The minimum absolute atomic E-state index is 0. The van der Waals surface area contributed by atoms with Crippen LogP contribution in [0.5, 0.6) is 0 Å². The number of aromatic nitrogens is 1. The van der Waals surface area contributed by atoms with Crippen LogP contribution in [0.2, 0.25) is 5.02 Å². The highest BCUT2D eigenvalue weighted by Gasteiger charge is 2.26. The van der Waals surface area contributed by atoms with Gasteiger partial charge in [0.05, 0.1) is 18.0 Å². The van der Waals surface area contributed by atoms with E-state index in [-0.39, 0.29) is 12.4 Å². The maximum absolute atomic E-state index is 6.13. The van der Waals surface area contributed by atoms with Crippen LogP contribution in [-0.2, 0) is 13.0 Å². The predicted molar refractivity (Wildman–Crippen MR) is 78.5 cm³/mol. The summed E-state index contributed by atoms with van der Waals surface area (Å²) in [6.07, 6.45) is 3.52. The van der Waals surface area contributed by atoms with Crippen molar-refractivity contribution in [1.29, 1.82) is 0 Å². The quantitative estimate of drug-likeness (QED) is 0.697. The molecule has 1 aromatic heterocycles. The molecular formula is C14H14Cl2N2. The lowest BCUT2D eigenvalue weighted by molar-refractivity contribution is 0.682. The number of fused-ring (bicyclic) bond motifs is 3. The molecule has 0 amide bonds. The summed E-state index contributed by atoms with van der Waals surface area (Å²) in [5.74, 6) is 0. The molecular weight excluding hydrogens is 267 g/mol. The standard InChI is InChI=1S/C14H13ClN2.ClH/c15-9-4-5-13-11(8-9)10-2-1-3-12-14(10)17(13)7-6-16-12;/h4-5,8H,1-3,6-7H2;1H. The summed E-state index contributed by atoms with van der Waals surface area (Å²) in [5.41, 5.74) is 5.49. The van der Waals surface area contributed by atoms with Gasteiger partial charge in [-0.25, -0.2) is 0 Å². The predicted octanol–water partition coefficient (Wildman–Crippen LogP) is 3.86. The Morgan fingerprint density at radius 3 is 3.00 bits per heavy atom. The van der Waals surface area contributed by atoms with Crippen LogP contribution in [0.4, 0.5) is 0 Å². The molecule has 0 radical (unpaired) electrons. The average molecular weight is 281 g/mol. The van der Waals surface area contributed by atoms with E-state index in [4.69, 9.17) is 11.6 Å². The molecule has 0 spiro atoms. The van der Waals surface area contributed by atoms with E-state index >= 15 is 0 Å². The van der Waals surface area contributed by atoms with Crippen molar-refractivity contribution >= 4 is 40.6 Å². The third-order valence-corrected chi connectivity index (χ3v) is 4.11. The Labute approximate surface area is 117 Å². The minimum Gasteiger partial charge on any atom is -0.337 e. The topological polar surface area (TPSA) is 17.3 Å². The van der Waals surface area contributed by atoms with Gasteiger partial charge in [0.25, 0.3) is 0 Å². The van der Waals surface area contributed by atoms with Crippen LogP contribution >= 0.6 is 24.0 Å². The summed E-state index contributed by atoms with van der Waals surface area (Å²) in [6.45, 7) is 1.94. The number of halogens is 2. The fourth-order valence-electron chi connectivity index (χ4n) is 3.20. The van der Waals surface area contributed by atoms with E-state index in [0.717, 1.165) is 31.0 Å². The second kappa shape index (κ2) is 4.29. The maximum atomic E-state index is 6.13. The average Bonchev–Trinajstić information content (AvgIpc) is 2.67. The minimum atomic E-state index is 0. The van der Waals surface area contributed by atoms with E-state index in [1.54, 1.807) is 0 Å². The van der Waals surface area contributed by atoms with Crippen molar-refractivity contribution < 1.29 is 0 Å². The first-order valence-electron chi connectivity index (χ1n) is 6.19. The second-order valence-corrected chi connectivity index (χ2v) is 5.26. The van der Waals surface area contributed by atoms with Gasteiger partial charge in [-0.15, -0.1) is 12.4 Å². The summed E-state index contributed by atoms with van der Waals surface area (Å²) in [4.78, 5) is 4.68. The van der Waals surface area contributed by atoms with E-state index in [1.807, 2.05) is 6.07 Å². The van der Waals surface area contributed by atoms with Crippen LogP contribution in [-0.4, -0.2) is 16.8 Å². The maximum Gasteiger partial charge on any atom is 0.0665 e. The summed E-state index contributed by atoms with van der Waals surface area (Å²) in [6, 6.07) is 6.25. The zero-order chi connectivity index (χ0) is 11.4. The summed E-state index contributed by atoms with van der Waals surface area (Å²) in [7, 11) is 0. The molecule has 2 nitrogen and oxygen atoms in total. The Bertz CT molecular complexity index is 655. The molecule has 0 atom stereocenters. The number of benzene rings is 1. The van der Waals surface area contributed by atoms with E-state index < -0.39 is 0 Å². The van der Waals surface area contributed by atoms with Gasteiger partial charge in [0.1, 0.15) is 0 Å². The molecule has 0 unspecified atom stereocenters. The van der Waals surface area contributed by atoms with Crippen molar-refractivity contribution in [2.75, 3.05) is 6.54 Å². The molecule has 4 rings (SSSR count). The highest BCUT2D eigenvalue weighted by molar-refractivity contribution is 6.31. The van der Waals surface area contributed by atoms with Gasteiger partial charge in [-0.3, -0.25) is 4.99 Å². The van der Waals surface area contributed by atoms with Gasteiger partial charge in [-0.1, -0.05) is 11.6 Å². The van der Waals surface area contributed by atoms with Crippen molar-refractivity contribution in [3.8, 4) is 0 Å². The van der Waals surface area contributed by atoms with E-state index in [1.165, 1.54) is 34.3 Å². The van der Waals surface area contributed by atoms with Crippen LogP contribution in [0.1, 0.15) is 24.1 Å². The highest BCUT2D eigenvalue weighted by Crippen LogP contribution is 2.35. The summed E-state index contributed by atoms with van der Waals surface area (Å²) >= 11 is 6.13. The number of rotatable bonds is 0. The zero-order valence-corrected chi connectivity index (χ0v) is 11.5. The van der Waals surface area contributed by atoms with Gasteiger partial charge in [0, 0.05) is 22.5 Å². The van der Waals surface area contributed by atoms with Crippen molar-refractivity contribution in [3.63, 3.8) is 0 Å². The Morgan fingerprint density at radius 1 is 1.22 bits per heavy atom. The van der Waals surface area contributed by atoms with Gasteiger partial charge in [0.2, 0.25) is 0 Å².